The zero-order valence-corrected chi connectivity index (χ0v) is 11.6. The maximum absolute atomic E-state index is 12.3. The molecule has 0 N–H and O–H groups in total. The summed E-state index contributed by atoms with van der Waals surface area (Å²) in [7, 11) is 0. The van der Waals surface area contributed by atoms with Crippen LogP contribution < -0.4 is 0 Å². The quantitative estimate of drug-likeness (QED) is 0.785. The van der Waals surface area contributed by atoms with Gasteiger partial charge in [-0.05, 0) is 37.4 Å². The molecule has 1 aromatic rings. The zero-order chi connectivity index (χ0) is 12.5. The lowest BCUT2D eigenvalue weighted by Crippen LogP contribution is -2.39. The third-order valence-electron chi connectivity index (χ3n) is 3.67. The van der Waals surface area contributed by atoms with Crippen molar-refractivity contribution in [2.75, 3.05) is 26.2 Å². The lowest BCUT2D eigenvalue weighted by molar-refractivity contribution is 0.0742. The Bertz CT molecular complexity index is 452. The van der Waals surface area contributed by atoms with Crippen LogP contribution in [0.4, 0.5) is 0 Å². The molecule has 2 fully saturated rings. The standard InChI is InChI=1S/C11H15ClN4OS/c12-11-14-13-9(18-11)10(17)16-6-2-5-15-4-1-3-8(15)7-16/h8H,1-7H2. The molecule has 98 valence electrons. The fourth-order valence-electron chi connectivity index (χ4n) is 2.82. The molecule has 0 bridgehead atoms. The summed E-state index contributed by atoms with van der Waals surface area (Å²) in [6.07, 6.45) is 3.48. The van der Waals surface area contributed by atoms with Crippen molar-refractivity contribution in [2.45, 2.75) is 25.3 Å². The third-order valence-corrected chi connectivity index (χ3v) is 4.68. The highest BCUT2D eigenvalue weighted by atomic mass is 35.5. The number of fused-ring (bicyclic) bond motifs is 1. The van der Waals surface area contributed by atoms with E-state index in [0.29, 0.717) is 15.5 Å². The van der Waals surface area contributed by atoms with Gasteiger partial charge in [0.2, 0.25) is 9.47 Å². The lowest BCUT2D eigenvalue weighted by Gasteiger charge is -2.24. The molecule has 1 atom stereocenters. The lowest BCUT2D eigenvalue weighted by atomic mass is 10.2. The van der Waals surface area contributed by atoms with Crippen LogP contribution in [-0.4, -0.2) is 58.1 Å². The molecule has 0 saturated carbocycles. The van der Waals surface area contributed by atoms with Crippen molar-refractivity contribution < 1.29 is 4.79 Å². The highest BCUT2D eigenvalue weighted by Gasteiger charge is 2.31. The minimum absolute atomic E-state index is 0.0202. The molecular weight excluding hydrogens is 272 g/mol. The monoisotopic (exact) mass is 286 g/mol. The Labute approximate surface area is 115 Å². The van der Waals surface area contributed by atoms with Crippen molar-refractivity contribution >= 4 is 28.8 Å². The molecule has 1 amide bonds. The Balaban J connectivity index is 1.73. The summed E-state index contributed by atoms with van der Waals surface area (Å²) in [5.41, 5.74) is 0. The van der Waals surface area contributed by atoms with Crippen LogP contribution in [0.3, 0.4) is 0 Å². The number of amides is 1. The van der Waals surface area contributed by atoms with E-state index in [1.165, 1.54) is 19.4 Å². The summed E-state index contributed by atoms with van der Waals surface area (Å²) in [6.45, 7) is 3.90. The van der Waals surface area contributed by atoms with Gasteiger partial charge in [0.25, 0.3) is 5.91 Å². The van der Waals surface area contributed by atoms with Crippen molar-refractivity contribution in [3.8, 4) is 0 Å². The Morgan fingerprint density at radius 1 is 1.28 bits per heavy atom. The number of halogens is 1. The second kappa shape index (κ2) is 5.11. The molecular formula is C11H15ClN4OS. The molecule has 18 heavy (non-hydrogen) atoms. The summed E-state index contributed by atoms with van der Waals surface area (Å²) in [4.78, 5) is 16.7. The smallest absolute Gasteiger partial charge is 0.284 e. The number of carbonyl (C=O) groups excluding carboxylic acids is 1. The average Bonchev–Trinajstić information content (AvgIpc) is 2.93. The predicted molar refractivity (Wildman–Crippen MR) is 70.0 cm³/mol. The molecule has 2 aliphatic rings. The second-order valence-electron chi connectivity index (χ2n) is 4.80. The van der Waals surface area contributed by atoms with Gasteiger partial charge in [0, 0.05) is 25.7 Å². The molecule has 2 aliphatic heterocycles. The van der Waals surface area contributed by atoms with E-state index in [1.54, 1.807) is 0 Å². The predicted octanol–water partition coefficient (Wildman–Crippen LogP) is 1.50. The van der Waals surface area contributed by atoms with Gasteiger partial charge in [-0.3, -0.25) is 9.69 Å². The molecule has 0 aliphatic carbocycles. The topological polar surface area (TPSA) is 49.3 Å². The van der Waals surface area contributed by atoms with Crippen LogP contribution in [0.5, 0.6) is 0 Å². The van der Waals surface area contributed by atoms with E-state index in [-0.39, 0.29) is 5.91 Å². The van der Waals surface area contributed by atoms with Crippen molar-refractivity contribution in [2.24, 2.45) is 0 Å². The SMILES string of the molecule is O=C(c1nnc(Cl)s1)N1CCCN2CCCC2C1. The van der Waals surface area contributed by atoms with Gasteiger partial charge in [-0.1, -0.05) is 11.3 Å². The van der Waals surface area contributed by atoms with E-state index >= 15 is 0 Å². The van der Waals surface area contributed by atoms with Gasteiger partial charge in [0.15, 0.2) is 0 Å². The van der Waals surface area contributed by atoms with Crippen LogP contribution in [0.2, 0.25) is 4.47 Å². The Hall–Kier alpha value is -0.720. The minimum Gasteiger partial charge on any atom is -0.335 e. The first-order valence-corrected chi connectivity index (χ1v) is 7.46. The number of hydrogen-bond donors (Lipinski definition) is 0. The highest BCUT2D eigenvalue weighted by molar-refractivity contribution is 7.17. The first-order chi connectivity index (χ1) is 8.74. The van der Waals surface area contributed by atoms with E-state index in [9.17, 15) is 4.79 Å². The van der Waals surface area contributed by atoms with Crippen molar-refractivity contribution in [3.05, 3.63) is 9.47 Å². The molecule has 0 spiro atoms. The maximum atomic E-state index is 12.3. The Morgan fingerprint density at radius 3 is 2.89 bits per heavy atom. The second-order valence-corrected chi connectivity index (χ2v) is 6.36. The summed E-state index contributed by atoms with van der Waals surface area (Å²) >= 11 is 6.89. The van der Waals surface area contributed by atoms with Crippen molar-refractivity contribution in [1.29, 1.82) is 0 Å². The van der Waals surface area contributed by atoms with Gasteiger partial charge in [0.1, 0.15) is 0 Å². The van der Waals surface area contributed by atoms with Gasteiger partial charge in [-0.15, -0.1) is 10.2 Å². The largest absolute Gasteiger partial charge is 0.335 e. The summed E-state index contributed by atoms with van der Waals surface area (Å²) < 4.78 is 0.329. The number of carbonyl (C=O) groups is 1. The summed E-state index contributed by atoms with van der Waals surface area (Å²) in [5, 5.41) is 7.95. The van der Waals surface area contributed by atoms with E-state index in [4.69, 9.17) is 11.6 Å². The first-order valence-electron chi connectivity index (χ1n) is 6.26. The molecule has 1 aromatic heterocycles. The summed E-state index contributed by atoms with van der Waals surface area (Å²) in [5.74, 6) is -0.0202. The maximum Gasteiger partial charge on any atom is 0.284 e. The number of nitrogens with zero attached hydrogens (tertiary/aromatic N) is 4. The fourth-order valence-corrected chi connectivity index (χ4v) is 3.61. The van der Waals surface area contributed by atoms with Crippen LogP contribution in [0.15, 0.2) is 0 Å². The molecule has 2 saturated heterocycles. The normalized spacial score (nSPS) is 24.9. The number of rotatable bonds is 1. The van der Waals surface area contributed by atoms with Gasteiger partial charge in [-0.2, -0.15) is 0 Å². The molecule has 7 heteroatoms. The molecule has 0 aromatic carbocycles. The van der Waals surface area contributed by atoms with Gasteiger partial charge < -0.3 is 4.90 Å². The third kappa shape index (κ3) is 2.37. The first kappa shape index (κ1) is 12.3. The van der Waals surface area contributed by atoms with Crippen molar-refractivity contribution in [1.82, 2.24) is 20.0 Å². The van der Waals surface area contributed by atoms with Crippen molar-refractivity contribution in [3.63, 3.8) is 0 Å². The number of aromatic nitrogens is 2. The van der Waals surface area contributed by atoms with E-state index in [0.717, 1.165) is 37.4 Å². The average molecular weight is 287 g/mol. The van der Waals surface area contributed by atoms with Crippen LogP contribution in [0.1, 0.15) is 29.1 Å². The van der Waals surface area contributed by atoms with Crippen LogP contribution in [0.25, 0.3) is 0 Å². The van der Waals surface area contributed by atoms with E-state index in [1.807, 2.05) is 4.90 Å². The molecule has 5 nitrogen and oxygen atoms in total. The minimum atomic E-state index is -0.0202. The van der Waals surface area contributed by atoms with Crippen LogP contribution in [0, 0.1) is 0 Å². The Morgan fingerprint density at radius 2 is 2.11 bits per heavy atom. The molecule has 3 rings (SSSR count). The van der Waals surface area contributed by atoms with Gasteiger partial charge in [-0.25, -0.2) is 0 Å². The van der Waals surface area contributed by atoms with Gasteiger partial charge in [0.05, 0.1) is 0 Å². The van der Waals surface area contributed by atoms with E-state index in [2.05, 4.69) is 15.1 Å². The molecule has 0 radical (unpaired) electrons. The molecule has 1 unspecified atom stereocenters. The number of hydrogen-bond acceptors (Lipinski definition) is 5. The Kier molecular flexibility index (Phi) is 3.50. The highest BCUT2D eigenvalue weighted by Crippen LogP contribution is 2.23. The summed E-state index contributed by atoms with van der Waals surface area (Å²) in [6, 6.07) is 0.528. The zero-order valence-electron chi connectivity index (χ0n) is 10.0. The van der Waals surface area contributed by atoms with E-state index < -0.39 is 0 Å². The fraction of sp³-hybridized carbons (Fsp3) is 0.727. The van der Waals surface area contributed by atoms with Gasteiger partial charge >= 0.3 is 0 Å². The van der Waals surface area contributed by atoms with Crippen LogP contribution in [-0.2, 0) is 0 Å². The van der Waals surface area contributed by atoms with Crippen LogP contribution >= 0.6 is 22.9 Å². The molecule has 3 heterocycles.